The van der Waals surface area contributed by atoms with Crippen LogP contribution in [0, 0.1) is 35.0 Å². The number of allylic oxidation sites excluding steroid dienone is 4. The minimum absolute atomic E-state index is 0.174. The van der Waals surface area contributed by atoms with Gasteiger partial charge in [0.15, 0.2) is 0 Å². The Bertz CT molecular complexity index is 639. The molecule has 1 nitrogen and oxygen atoms in total. The van der Waals surface area contributed by atoms with Gasteiger partial charge in [0.2, 0.25) is 0 Å². The molecular formula is C28H46O. The van der Waals surface area contributed by atoms with Gasteiger partial charge in [0.25, 0.3) is 0 Å². The Kier molecular flexibility index (Phi) is 7.52. The first-order chi connectivity index (χ1) is 13.7. The molecule has 0 saturated heterocycles. The number of fused-ring (bicyclic) bond motifs is 1. The van der Waals surface area contributed by atoms with Crippen LogP contribution in [-0.2, 0) is 0 Å². The van der Waals surface area contributed by atoms with Gasteiger partial charge in [0, 0.05) is 0 Å². The van der Waals surface area contributed by atoms with E-state index < -0.39 is 0 Å². The summed E-state index contributed by atoms with van der Waals surface area (Å²) in [6.45, 7) is 16.6. The maximum absolute atomic E-state index is 10.0. The highest BCUT2D eigenvalue weighted by atomic mass is 16.3. The third kappa shape index (κ3) is 5.09. The number of hydrogen-bond donors (Lipinski definition) is 1. The summed E-state index contributed by atoms with van der Waals surface area (Å²) < 4.78 is 0. The smallest absolute Gasteiger partial charge is 0.0583 e. The molecule has 3 saturated carbocycles. The van der Waals surface area contributed by atoms with Crippen LogP contribution in [0.2, 0.25) is 0 Å². The van der Waals surface area contributed by atoms with E-state index in [1.54, 1.807) is 5.57 Å². The third-order valence-corrected chi connectivity index (χ3v) is 9.13. The fourth-order valence-electron chi connectivity index (χ4n) is 6.67. The summed E-state index contributed by atoms with van der Waals surface area (Å²) in [5, 5.41) is 10.0. The third-order valence-electron chi connectivity index (χ3n) is 9.13. The second-order valence-corrected chi connectivity index (χ2v) is 11.3. The summed E-state index contributed by atoms with van der Waals surface area (Å²) in [6.07, 6.45) is 16.8. The lowest BCUT2D eigenvalue weighted by Crippen LogP contribution is -2.36. The van der Waals surface area contributed by atoms with Crippen LogP contribution in [0.3, 0.4) is 0 Å². The summed E-state index contributed by atoms with van der Waals surface area (Å²) in [4.78, 5) is 0. The second-order valence-electron chi connectivity index (χ2n) is 11.3. The molecule has 1 N–H and O–H groups in total. The standard InChI is InChI=1S/C28H46O/c1-19(2)20(3)9-10-22(5)26-15-16-27-23(8-7-17-28(26,27)6)12-13-24-18-25(29)14-11-21(24)4/h12-13,19-20,22,25-27,29H,4,7-11,14-18H2,1-3,5-6H3/b23-12+,24-13-/t20-,22-,25-,26+,27+,28-/m0/s1. The van der Waals surface area contributed by atoms with E-state index in [-0.39, 0.29) is 6.10 Å². The molecule has 0 bridgehead atoms. The van der Waals surface area contributed by atoms with Crippen LogP contribution < -0.4 is 0 Å². The molecule has 0 aromatic rings. The van der Waals surface area contributed by atoms with Crippen molar-refractivity contribution in [1.82, 2.24) is 0 Å². The highest BCUT2D eigenvalue weighted by molar-refractivity contribution is 5.36. The van der Waals surface area contributed by atoms with Crippen molar-refractivity contribution in [3.8, 4) is 0 Å². The van der Waals surface area contributed by atoms with Gasteiger partial charge in [-0.1, -0.05) is 77.3 Å². The van der Waals surface area contributed by atoms with Crippen molar-refractivity contribution in [2.45, 2.75) is 105 Å². The zero-order valence-corrected chi connectivity index (χ0v) is 19.8. The van der Waals surface area contributed by atoms with E-state index in [0.717, 1.165) is 48.9 Å². The van der Waals surface area contributed by atoms with Crippen LogP contribution in [0.4, 0.5) is 0 Å². The molecule has 164 valence electrons. The summed E-state index contributed by atoms with van der Waals surface area (Å²) in [7, 11) is 0. The first-order valence-corrected chi connectivity index (χ1v) is 12.5. The van der Waals surface area contributed by atoms with Crippen molar-refractivity contribution >= 4 is 0 Å². The Morgan fingerprint density at radius 3 is 2.55 bits per heavy atom. The normalized spacial score (nSPS) is 37.9. The van der Waals surface area contributed by atoms with Crippen molar-refractivity contribution in [2.75, 3.05) is 0 Å². The zero-order valence-electron chi connectivity index (χ0n) is 19.8. The molecule has 0 aliphatic heterocycles. The molecule has 0 heterocycles. The lowest BCUT2D eigenvalue weighted by atomic mass is 9.60. The summed E-state index contributed by atoms with van der Waals surface area (Å²) in [5.41, 5.74) is 4.70. The Morgan fingerprint density at radius 2 is 1.83 bits per heavy atom. The first-order valence-electron chi connectivity index (χ1n) is 12.5. The molecule has 0 radical (unpaired) electrons. The van der Waals surface area contributed by atoms with Gasteiger partial charge in [-0.05, 0) is 91.9 Å². The van der Waals surface area contributed by atoms with Crippen LogP contribution in [0.15, 0.2) is 35.5 Å². The van der Waals surface area contributed by atoms with Crippen LogP contribution in [-0.4, -0.2) is 11.2 Å². The van der Waals surface area contributed by atoms with Gasteiger partial charge in [-0.25, -0.2) is 0 Å². The number of aliphatic hydroxyl groups excluding tert-OH is 1. The average Bonchev–Trinajstić information content (AvgIpc) is 3.04. The fraction of sp³-hybridized carbons (Fsp3) is 0.786. The maximum Gasteiger partial charge on any atom is 0.0583 e. The van der Waals surface area contributed by atoms with Crippen molar-refractivity contribution in [2.24, 2.45) is 35.0 Å². The molecule has 0 spiro atoms. The minimum atomic E-state index is -0.174. The number of aliphatic hydroxyl groups is 1. The van der Waals surface area contributed by atoms with Gasteiger partial charge >= 0.3 is 0 Å². The maximum atomic E-state index is 10.0. The molecule has 0 amide bonds. The average molecular weight is 399 g/mol. The van der Waals surface area contributed by atoms with E-state index in [1.165, 1.54) is 56.1 Å². The predicted molar refractivity (Wildman–Crippen MR) is 126 cm³/mol. The van der Waals surface area contributed by atoms with E-state index in [4.69, 9.17) is 0 Å². The van der Waals surface area contributed by atoms with Gasteiger partial charge < -0.3 is 5.11 Å². The molecule has 0 aromatic carbocycles. The Labute approximate surface area is 180 Å². The topological polar surface area (TPSA) is 20.2 Å². The lowest BCUT2D eigenvalue weighted by Gasteiger charge is -2.44. The van der Waals surface area contributed by atoms with E-state index in [1.807, 2.05) is 0 Å². The number of rotatable bonds is 6. The molecular weight excluding hydrogens is 352 g/mol. The second kappa shape index (κ2) is 9.54. The number of hydrogen-bond acceptors (Lipinski definition) is 1. The van der Waals surface area contributed by atoms with Gasteiger partial charge in [-0.15, -0.1) is 0 Å². The summed E-state index contributed by atoms with van der Waals surface area (Å²) in [6, 6.07) is 0. The van der Waals surface area contributed by atoms with Crippen LogP contribution in [0.25, 0.3) is 0 Å². The molecule has 3 fully saturated rings. The largest absolute Gasteiger partial charge is 0.393 e. The van der Waals surface area contributed by atoms with Gasteiger partial charge in [0.1, 0.15) is 0 Å². The van der Waals surface area contributed by atoms with Gasteiger partial charge in [-0.2, -0.15) is 0 Å². The minimum Gasteiger partial charge on any atom is -0.393 e. The molecule has 29 heavy (non-hydrogen) atoms. The lowest BCUT2D eigenvalue weighted by molar-refractivity contribution is 0.0907. The fourth-order valence-corrected chi connectivity index (χ4v) is 6.67. The Morgan fingerprint density at radius 1 is 1.07 bits per heavy atom. The van der Waals surface area contributed by atoms with Gasteiger partial charge in [0.05, 0.1) is 6.10 Å². The van der Waals surface area contributed by atoms with E-state index in [9.17, 15) is 5.11 Å². The Balaban J connectivity index is 1.70. The molecule has 6 atom stereocenters. The van der Waals surface area contributed by atoms with Crippen LogP contribution in [0.5, 0.6) is 0 Å². The monoisotopic (exact) mass is 398 g/mol. The molecule has 3 rings (SSSR count). The summed E-state index contributed by atoms with van der Waals surface area (Å²) in [5.74, 6) is 4.14. The molecule has 1 heteroatoms. The van der Waals surface area contributed by atoms with Gasteiger partial charge in [-0.3, -0.25) is 0 Å². The quantitative estimate of drug-likeness (QED) is 0.482. The van der Waals surface area contributed by atoms with E-state index in [2.05, 4.69) is 53.3 Å². The van der Waals surface area contributed by atoms with Crippen LogP contribution >= 0.6 is 0 Å². The Hall–Kier alpha value is -0.820. The van der Waals surface area contributed by atoms with E-state index in [0.29, 0.717) is 5.41 Å². The predicted octanol–water partition coefficient (Wildman–Crippen LogP) is 7.87. The molecule has 0 unspecified atom stereocenters. The highest BCUT2D eigenvalue weighted by Crippen LogP contribution is 2.60. The summed E-state index contributed by atoms with van der Waals surface area (Å²) >= 11 is 0. The molecule has 3 aliphatic rings. The first kappa shape index (κ1) is 22.9. The molecule has 3 aliphatic carbocycles. The van der Waals surface area contributed by atoms with Crippen molar-refractivity contribution < 1.29 is 5.11 Å². The van der Waals surface area contributed by atoms with E-state index >= 15 is 0 Å². The van der Waals surface area contributed by atoms with Crippen molar-refractivity contribution in [1.29, 1.82) is 0 Å². The zero-order chi connectivity index (χ0) is 21.2. The highest BCUT2D eigenvalue weighted by Gasteiger charge is 2.50. The van der Waals surface area contributed by atoms with Crippen molar-refractivity contribution in [3.05, 3.63) is 35.5 Å². The molecule has 0 aromatic heterocycles. The van der Waals surface area contributed by atoms with Crippen molar-refractivity contribution in [3.63, 3.8) is 0 Å². The SMILES string of the molecule is C=C1CC[C@H](O)C/C1=C/C=C1\CCC[C@]2(C)[C@@H]1CC[C@@H]2[C@@H](C)CC[C@H](C)C(C)C. The van der Waals surface area contributed by atoms with Crippen LogP contribution in [0.1, 0.15) is 98.8 Å².